The molecule has 1 saturated heterocycles. The molecule has 11 heteroatoms. The van der Waals surface area contributed by atoms with Crippen molar-refractivity contribution in [1.82, 2.24) is 20.7 Å². The topological polar surface area (TPSA) is 147 Å². The van der Waals surface area contributed by atoms with Gasteiger partial charge >= 0.3 is 11.9 Å². The van der Waals surface area contributed by atoms with E-state index in [2.05, 4.69) is 10.7 Å². The van der Waals surface area contributed by atoms with E-state index in [1.165, 1.54) is 5.01 Å². The molecular weight excluding hydrogens is 564 g/mol. The van der Waals surface area contributed by atoms with Crippen LogP contribution in [0.2, 0.25) is 0 Å². The number of esters is 2. The van der Waals surface area contributed by atoms with Gasteiger partial charge in [-0.05, 0) is 76.0 Å². The van der Waals surface area contributed by atoms with Crippen LogP contribution in [0.5, 0.6) is 0 Å². The average molecular weight is 607 g/mol. The first-order valence-corrected chi connectivity index (χ1v) is 15.5. The zero-order valence-corrected chi connectivity index (χ0v) is 25.7. The van der Waals surface area contributed by atoms with Crippen molar-refractivity contribution in [3.05, 3.63) is 47.7 Å². The second kappa shape index (κ2) is 13.0. The van der Waals surface area contributed by atoms with Crippen molar-refractivity contribution in [2.45, 2.75) is 96.6 Å². The van der Waals surface area contributed by atoms with Gasteiger partial charge in [-0.25, -0.2) is 10.4 Å². The average Bonchev–Trinajstić information content (AvgIpc) is 3.01. The normalized spacial score (nSPS) is 31.5. The van der Waals surface area contributed by atoms with Crippen LogP contribution in [0, 0.1) is 11.3 Å². The summed E-state index contributed by atoms with van der Waals surface area (Å²) in [6.45, 7) is 7.22. The highest BCUT2D eigenvalue weighted by Crippen LogP contribution is 2.40. The molecular formula is C33H42N4O7. The van der Waals surface area contributed by atoms with Gasteiger partial charge in [-0.3, -0.25) is 24.2 Å². The molecule has 1 aromatic carbocycles. The fourth-order valence-electron chi connectivity index (χ4n) is 6.04. The molecule has 1 aromatic heterocycles. The van der Waals surface area contributed by atoms with Crippen LogP contribution in [-0.2, 0) is 28.7 Å². The Kier molecular flexibility index (Phi) is 9.36. The summed E-state index contributed by atoms with van der Waals surface area (Å²) in [5.74, 6) is -2.40. The van der Waals surface area contributed by atoms with Crippen LogP contribution in [0.3, 0.4) is 0 Å². The quantitative estimate of drug-likeness (QED) is 0.416. The number of ether oxygens (including phenoxy) is 2. The second-order valence-electron chi connectivity index (χ2n) is 12.6. The third-order valence-corrected chi connectivity index (χ3v) is 8.86. The van der Waals surface area contributed by atoms with Gasteiger partial charge in [-0.15, -0.1) is 0 Å². The van der Waals surface area contributed by atoms with Gasteiger partial charge in [0.1, 0.15) is 18.2 Å². The number of cyclic esters (lactones) is 2. The van der Waals surface area contributed by atoms with E-state index < -0.39 is 59.6 Å². The molecule has 5 bridgehead atoms. The number of carbonyl (C=O) groups excluding carboxylic acids is 4. The molecule has 3 N–H and O–H groups in total. The van der Waals surface area contributed by atoms with Crippen molar-refractivity contribution in [2.75, 3.05) is 6.54 Å². The van der Waals surface area contributed by atoms with Crippen molar-refractivity contribution in [1.29, 1.82) is 0 Å². The second-order valence-corrected chi connectivity index (χ2v) is 12.6. The Balaban J connectivity index is 1.53. The summed E-state index contributed by atoms with van der Waals surface area (Å²) >= 11 is 0. The molecule has 4 atom stereocenters. The molecule has 0 radical (unpaired) electrons. The number of fused-ring (bicyclic) bond motifs is 4. The maximum Gasteiger partial charge on any atom is 0.325 e. The first-order chi connectivity index (χ1) is 21.0. The van der Waals surface area contributed by atoms with Crippen molar-refractivity contribution < 1.29 is 33.8 Å². The molecule has 2 fully saturated rings. The van der Waals surface area contributed by atoms with Gasteiger partial charge in [-0.2, -0.15) is 0 Å². The lowest BCUT2D eigenvalue weighted by molar-refractivity contribution is -0.168. The maximum absolute atomic E-state index is 13.9. The van der Waals surface area contributed by atoms with Crippen LogP contribution in [0.1, 0.15) is 83.6 Å². The monoisotopic (exact) mass is 606 g/mol. The molecule has 0 unspecified atom stereocenters. The van der Waals surface area contributed by atoms with Crippen molar-refractivity contribution >= 4 is 40.7 Å². The Hall–Kier alpha value is -3.83. The lowest BCUT2D eigenvalue weighted by Gasteiger charge is -2.36. The SMILES string of the molecule is CC(C)[C@@H]1OC(=O)C2(/C=C/c3ccc4ccc(nc4c3)[C@@H](C)OC(=O)[C@@H]3CCCN(N3)C(=O)[C@H](C)NC1=O)CCC(O)CC2. The number of nitrogens with zero attached hydrogens (tertiary/aromatic N) is 2. The molecule has 2 aromatic rings. The van der Waals surface area contributed by atoms with Crippen LogP contribution in [0.25, 0.3) is 17.0 Å². The van der Waals surface area contributed by atoms with E-state index in [1.54, 1.807) is 27.7 Å². The zero-order chi connectivity index (χ0) is 31.6. The first kappa shape index (κ1) is 31.6. The third-order valence-electron chi connectivity index (χ3n) is 8.86. The van der Waals surface area contributed by atoms with Gasteiger partial charge < -0.3 is 19.9 Å². The number of nitrogens with one attached hydrogen (secondary N) is 2. The number of aromatic nitrogens is 1. The standard InChI is InChI=1S/C33H42N4O7/c1-19(2)28-29(39)34-20(3)30(40)37-17-5-6-26(36-37)31(41)43-21(4)25-10-9-23-8-7-22(18-27(23)35-25)11-14-33(32(42)44-28)15-12-24(38)13-16-33/h7-11,14,18-21,24,26,28,36,38H,5-6,12-13,15-17H2,1-4H3,(H,34,39)/b14-11+/t20-,21+,24?,26-,28-,33?/m0/s1. The van der Waals surface area contributed by atoms with E-state index >= 15 is 0 Å². The highest BCUT2D eigenvalue weighted by molar-refractivity contribution is 5.91. The highest BCUT2D eigenvalue weighted by atomic mass is 16.6. The number of hydrogen-bond acceptors (Lipinski definition) is 9. The number of aliphatic hydroxyl groups is 1. The minimum absolute atomic E-state index is 0.357. The number of hydrazine groups is 1. The van der Waals surface area contributed by atoms with Gasteiger partial charge in [0.05, 0.1) is 22.7 Å². The summed E-state index contributed by atoms with van der Waals surface area (Å²) < 4.78 is 11.7. The van der Waals surface area contributed by atoms with Crippen LogP contribution >= 0.6 is 0 Å². The fourth-order valence-corrected chi connectivity index (χ4v) is 6.04. The molecule has 236 valence electrons. The van der Waals surface area contributed by atoms with Crippen molar-refractivity contribution in [2.24, 2.45) is 11.3 Å². The van der Waals surface area contributed by atoms with E-state index in [0.29, 0.717) is 56.3 Å². The Labute approximate surface area is 257 Å². The summed E-state index contributed by atoms with van der Waals surface area (Å²) in [6.07, 6.45) is 4.03. The molecule has 1 saturated carbocycles. The van der Waals surface area contributed by atoms with Crippen LogP contribution < -0.4 is 10.7 Å². The van der Waals surface area contributed by atoms with E-state index in [9.17, 15) is 24.3 Å². The minimum atomic E-state index is -1.13. The summed E-state index contributed by atoms with van der Waals surface area (Å²) in [4.78, 5) is 58.5. The number of amides is 2. The van der Waals surface area contributed by atoms with E-state index in [1.807, 2.05) is 42.5 Å². The lowest BCUT2D eigenvalue weighted by atomic mass is 9.72. The highest BCUT2D eigenvalue weighted by Gasteiger charge is 2.43. The smallest absolute Gasteiger partial charge is 0.325 e. The summed E-state index contributed by atoms with van der Waals surface area (Å²) in [7, 11) is 0. The Morgan fingerprint density at radius 1 is 1.02 bits per heavy atom. The number of carbonyl (C=O) groups is 4. The molecule has 1 aliphatic carbocycles. The van der Waals surface area contributed by atoms with Crippen LogP contribution in [-0.4, -0.2) is 69.7 Å². The molecule has 2 aliphatic heterocycles. The molecule has 3 aliphatic rings. The van der Waals surface area contributed by atoms with E-state index in [0.717, 1.165) is 10.9 Å². The van der Waals surface area contributed by atoms with Gasteiger partial charge in [0.25, 0.3) is 11.8 Å². The number of rotatable bonds is 1. The summed E-state index contributed by atoms with van der Waals surface area (Å²) in [5, 5.41) is 15.2. The Morgan fingerprint density at radius 2 is 1.75 bits per heavy atom. The molecule has 44 heavy (non-hydrogen) atoms. The molecule has 1 spiro atoms. The van der Waals surface area contributed by atoms with E-state index in [-0.39, 0.29) is 5.92 Å². The fraction of sp³-hybridized carbons (Fsp3) is 0.545. The van der Waals surface area contributed by atoms with E-state index in [4.69, 9.17) is 14.5 Å². The minimum Gasteiger partial charge on any atom is -0.455 e. The number of benzene rings is 1. The van der Waals surface area contributed by atoms with Gasteiger partial charge in [0.2, 0.25) is 0 Å². The van der Waals surface area contributed by atoms with Gasteiger partial charge in [-0.1, -0.05) is 44.2 Å². The number of hydrogen-bond donors (Lipinski definition) is 3. The molecule has 5 rings (SSSR count). The van der Waals surface area contributed by atoms with Crippen molar-refractivity contribution in [3.8, 4) is 0 Å². The maximum atomic E-state index is 13.9. The number of pyridine rings is 1. The molecule has 11 nitrogen and oxygen atoms in total. The zero-order valence-electron chi connectivity index (χ0n) is 25.7. The molecule has 2 amide bonds. The Morgan fingerprint density at radius 3 is 2.48 bits per heavy atom. The molecule has 3 heterocycles. The summed E-state index contributed by atoms with van der Waals surface area (Å²) in [6, 6.07) is 7.83. The van der Waals surface area contributed by atoms with Gasteiger partial charge in [0, 0.05) is 11.9 Å². The predicted molar refractivity (Wildman–Crippen MR) is 162 cm³/mol. The lowest BCUT2D eigenvalue weighted by Crippen LogP contribution is -2.60. The predicted octanol–water partition coefficient (Wildman–Crippen LogP) is 3.36. The summed E-state index contributed by atoms with van der Waals surface area (Å²) in [5.41, 5.74) is 4.03. The largest absolute Gasteiger partial charge is 0.455 e. The Bertz CT molecular complexity index is 1450. The van der Waals surface area contributed by atoms with Crippen molar-refractivity contribution in [3.63, 3.8) is 0 Å². The van der Waals surface area contributed by atoms with Crippen LogP contribution in [0.15, 0.2) is 36.4 Å². The third kappa shape index (κ3) is 6.78. The first-order valence-electron chi connectivity index (χ1n) is 15.5. The van der Waals surface area contributed by atoms with Crippen LogP contribution in [0.4, 0.5) is 0 Å². The van der Waals surface area contributed by atoms with Gasteiger partial charge in [0.15, 0.2) is 6.10 Å². The number of aliphatic hydroxyl groups excluding tert-OH is 1.